The predicted octanol–water partition coefficient (Wildman–Crippen LogP) is 2.90. The van der Waals surface area contributed by atoms with Crippen LogP contribution in [0.15, 0.2) is 29.2 Å². The topological polar surface area (TPSA) is 26.3 Å². The van der Waals surface area contributed by atoms with Crippen molar-refractivity contribution in [2.24, 2.45) is 0 Å². The van der Waals surface area contributed by atoms with Gasteiger partial charge in [0.25, 0.3) is 0 Å². The Morgan fingerprint density at radius 3 is 2.53 bits per heavy atom. The molecule has 1 rings (SSSR count). The van der Waals surface area contributed by atoms with Crippen LogP contribution in [0.1, 0.15) is 18.9 Å². The third-order valence-corrected chi connectivity index (χ3v) is 2.83. The van der Waals surface area contributed by atoms with Crippen molar-refractivity contribution < 1.29 is 9.53 Å². The number of thioether (sulfide) groups is 1. The zero-order valence-corrected chi connectivity index (χ0v) is 9.97. The number of aryl methyl sites for hydroxylation is 1. The molecule has 0 fully saturated rings. The zero-order chi connectivity index (χ0) is 11.1. The normalized spacial score (nSPS) is 10.0. The van der Waals surface area contributed by atoms with Gasteiger partial charge in [0.2, 0.25) is 0 Å². The zero-order valence-electron chi connectivity index (χ0n) is 9.16. The van der Waals surface area contributed by atoms with Crippen LogP contribution in [0.4, 0.5) is 0 Å². The van der Waals surface area contributed by atoms with Gasteiger partial charge in [-0.2, -0.15) is 0 Å². The molecule has 0 aliphatic heterocycles. The fraction of sp³-hybridized carbons (Fsp3) is 0.417. The number of benzene rings is 1. The summed E-state index contributed by atoms with van der Waals surface area (Å²) in [5.74, 6) is -0.119. The van der Waals surface area contributed by atoms with Gasteiger partial charge in [0.15, 0.2) is 0 Å². The number of ether oxygens (including phenoxy) is 1. The van der Waals surface area contributed by atoms with Gasteiger partial charge in [0.1, 0.15) is 0 Å². The van der Waals surface area contributed by atoms with Crippen molar-refractivity contribution in [3.05, 3.63) is 29.8 Å². The van der Waals surface area contributed by atoms with Crippen molar-refractivity contribution in [3.8, 4) is 0 Å². The maximum Gasteiger partial charge on any atom is 0.306 e. The van der Waals surface area contributed by atoms with Crippen LogP contribution < -0.4 is 0 Å². The fourth-order valence-electron chi connectivity index (χ4n) is 1.27. The first-order valence-electron chi connectivity index (χ1n) is 5.04. The number of hydrogen-bond acceptors (Lipinski definition) is 3. The number of carbonyl (C=O) groups is 1. The van der Waals surface area contributed by atoms with Crippen molar-refractivity contribution in [2.45, 2.75) is 24.7 Å². The molecule has 0 amide bonds. The maximum absolute atomic E-state index is 11.1. The van der Waals surface area contributed by atoms with Gasteiger partial charge < -0.3 is 4.74 Å². The van der Waals surface area contributed by atoms with E-state index >= 15 is 0 Å². The Morgan fingerprint density at radius 1 is 1.33 bits per heavy atom. The molecule has 0 unspecified atom stereocenters. The Morgan fingerprint density at radius 2 is 2.00 bits per heavy atom. The largest absolute Gasteiger partial charge is 0.466 e. The van der Waals surface area contributed by atoms with E-state index in [1.54, 1.807) is 11.8 Å². The van der Waals surface area contributed by atoms with Crippen molar-refractivity contribution >= 4 is 17.7 Å². The fourth-order valence-corrected chi connectivity index (χ4v) is 1.68. The Hall–Kier alpha value is -0.960. The monoisotopic (exact) mass is 224 g/mol. The van der Waals surface area contributed by atoms with E-state index in [4.69, 9.17) is 4.74 Å². The minimum Gasteiger partial charge on any atom is -0.466 e. The molecular formula is C12H16O2S. The van der Waals surface area contributed by atoms with Gasteiger partial charge in [0, 0.05) is 11.3 Å². The van der Waals surface area contributed by atoms with Crippen LogP contribution in [0.3, 0.4) is 0 Å². The van der Waals surface area contributed by atoms with Crippen LogP contribution in [0.25, 0.3) is 0 Å². The standard InChI is InChI=1S/C12H16O2S/c1-3-14-12(13)9-6-10-4-7-11(15-2)8-5-10/h4-5,7-8H,3,6,9H2,1-2H3. The van der Waals surface area contributed by atoms with Crippen LogP contribution in [-0.2, 0) is 16.0 Å². The van der Waals surface area contributed by atoms with E-state index < -0.39 is 0 Å². The summed E-state index contributed by atoms with van der Waals surface area (Å²) < 4.78 is 4.87. The lowest BCUT2D eigenvalue weighted by Gasteiger charge is -2.03. The molecule has 1 aromatic rings. The lowest BCUT2D eigenvalue weighted by atomic mass is 10.1. The van der Waals surface area contributed by atoms with Gasteiger partial charge in [-0.25, -0.2) is 0 Å². The molecule has 0 spiro atoms. The summed E-state index contributed by atoms with van der Waals surface area (Å²) in [5, 5.41) is 0. The van der Waals surface area contributed by atoms with Crippen molar-refractivity contribution in [1.82, 2.24) is 0 Å². The maximum atomic E-state index is 11.1. The average molecular weight is 224 g/mol. The number of hydrogen-bond donors (Lipinski definition) is 0. The molecule has 0 atom stereocenters. The Labute approximate surface area is 95.0 Å². The Kier molecular flexibility index (Phi) is 5.26. The van der Waals surface area contributed by atoms with Crippen molar-refractivity contribution in [2.75, 3.05) is 12.9 Å². The molecule has 0 aliphatic carbocycles. The lowest BCUT2D eigenvalue weighted by Crippen LogP contribution is -2.04. The van der Waals surface area contributed by atoms with E-state index in [1.807, 2.05) is 13.2 Å². The molecule has 1 aromatic carbocycles. The first-order chi connectivity index (χ1) is 7.26. The molecule has 15 heavy (non-hydrogen) atoms. The van der Waals surface area contributed by atoms with E-state index in [1.165, 1.54) is 10.5 Å². The highest BCUT2D eigenvalue weighted by atomic mass is 32.2. The molecule has 0 N–H and O–H groups in total. The highest BCUT2D eigenvalue weighted by Gasteiger charge is 2.02. The van der Waals surface area contributed by atoms with Crippen LogP contribution in [-0.4, -0.2) is 18.8 Å². The highest BCUT2D eigenvalue weighted by molar-refractivity contribution is 7.98. The molecule has 0 saturated carbocycles. The Balaban J connectivity index is 2.40. The molecule has 2 nitrogen and oxygen atoms in total. The average Bonchev–Trinajstić information content (AvgIpc) is 2.27. The summed E-state index contributed by atoms with van der Waals surface area (Å²) >= 11 is 1.72. The number of esters is 1. The van der Waals surface area contributed by atoms with Gasteiger partial charge in [-0.05, 0) is 37.3 Å². The first kappa shape index (κ1) is 12.1. The van der Waals surface area contributed by atoms with Gasteiger partial charge >= 0.3 is 5.97 Å². The summed E-state index contributed by atoms with van der Waals surface area (Å²) in [6.07, 6.45) is 3.27. The van der Waals surface area contributed by atoms with Crippen LogP contribution in [0.5, 0.6) is 0 Å². The summed E-state index contributed by atoms with van der Waals surface area (Å²) in [7, 11) is 0. The third-order valence-electron chi connectivity index (χ3n) is 2.08. The first-order valence-corrected chi connectivity index (χ1v) is 6.27. The SMILES string of the molecule is CCOC(=O)CCc1ccc(SC)cc1. The summed E-state index contributed by atoms with van der Waals surface area (Å²) in [4.78, 5) is 12.4. The Bertz CT molecular complexity index is 306. The lowest BCUT2D eigenvalue weighted by molar-refractivity contribution is -0.143. The minimum atomic E-state index is -0.119. The summed E-state index contributed by atoms with van der Waals surface area (Å²) in [5.41, 5.74) is 1.18. The number of rotatable bonds is 5. The van der Waals surface area contributed by atoms with E-state index in [0.717, 1.165) is 6.42 Å². The van der Waals surface area contributed by atoms with E-state index in [-0.39, 0.29) is 5.97 Å². The van der Waals surface area contributed by atoms with E-state index in [0.29, 0.717) is 13.0 Å². The molecule has 0 heterocycles. The molecule has 0 bridgehead atoms. The van der Waals surface area contributed by atoms with E-state index in [2.05, 4.69) is 24.3 Å². The van der Waals surface area contributed by atoms with Crippen LogP contribution in [0.2, 0.25) is 0 Å². The van der Waals surface area contributed by atoms with Gasteiger partial charge in [-0.15, -0.1) is 11.8 Å². The third kappa shape index (κ3) is 4.38. The van der Waals surface area contributed by atoms with Crippen molar-refractivity contribution in [1.29, 1.82) is 0 Å². The summed E-state index contributed by atoms with van der Waals surface area (Å²) in [6, 6.07) is 8.27. The molecule has 3 heteroatoms. The van der Waals surface area contributed by atoms with Gasteiger partial charge in [0.05, 0.1) is 6.61 Å². The second kappa shape index (κ2) is 6.51. The minimum absolute atomic E-state index is 0.119. The molecule has 0 radical (unpaired) electrons. The molecule has 82 valence electrons. The molecule has 0 aliphatic rings. The molecular weight excluding hydrogens is 208 g/mol. The predicted molar refractivity (Wildman–Crippen MR) is 63.2 cm³/mol. The second-order valence-corrected chi connectivity index (χ2v) is 4.03. The highest BCUT2D eigenvalue weighted by Crippen LogP contribution is 2.15. The van der Waals surface area contributed by atoms with Gasteiger partial charge in [-0.3, -0.25) is 4.79 Å². The van der Waals surface area contributed by atoms with Crippen LogP contribution in [0, 0.1) is 0 Å². The molecule has 0 aromatic heterocycles. The van der Waals surface area contributed by atoms with Crippen LogP contribution >= 0.6 is 11.8 Å². The van der Waals surface area contributed by atoms with E-state index in [9.17, 15) is 4.79 Å². The number of carbonyl (C=O) groups excluding carboxylic acids is 1. The smallest absolute Gasteiger partial charge is 0.306 e. The quantitative estimate of drug-likeness (QED) is 0.568. The summed E-state index contributed by atoms with van der Waals surface area (Å²) in [6.45, 7) is 2.29. The second-order valence-electron chi connectivity index (χ2n) is 3.15. The van der Waals surface area contributed by atoms with Crippen molar-refractivity contribution in [3.63, 3.8) is 0 Å². The molecule has 0 saturated heterocycles. The van der Waals surface area contributed by atoms with Gasteiger partial charge in [-0.1, -0.05) is 12.1 Å².